The number of hydrogen-bond acceptors (Lipinski definition) is 3. The summed E-state index contributed by atoms with van der Waals surface area (Å²) in [7, 11) is 0. The summed E-state index contributed by atoms with van der Waals surface area (Å²) < 4.78 is 0. The number of aliphatic carboxylic acids is 2. The van der Waals surface area contributed by atoms with Crippen LogP contribution in [0.15, 0.2) is 0 Å². The number of carboxylic acid groups (broad SMARTS) is 2. The molecule has 1 saturated carbocycles. The standard InChI is InChI=1S/C9H15NO4/c1-5-6(7(11)12)3-2-4-9(5,10)8(13)14/h5-6H,2-4,10H2,1H3,(H,11,12)(H,13,14). The Hall–Kier alpha value is -1.10. The predicted octanol–water partition coefficient (Wildman–Crippen LogP) is 0.289. The van der Waals surface area contributed by atoms with Crippen LogP contribution < -0.4 is 5.73 Å². The van der Waals surface area contributed by atoms with E-state index in [-0.39, 0.29) is 0 Å². The van der Waals surface area contributed by atoms with Crippen molar-refractivity contribution in [3.8, 4) is 0 Å². The van der Waals surface area contributed by atoms with Gasteiger partial charge in [-0.05, 0) is 18.8 Å². The molecule has 0 aromatic carbocycles. The molecular weight excluding hydrogens is 186 g/mol. The summed E-state index contributed by atoms with van der Waals surface area (Å²) in [6, 6.07) is 0. The van der Waals surface area contributed by atoms with E-state index in [9.17, 15) is 9.59 Å². The van der Waals surface area contributed by atoms with Crippen LogP contribution in [0.2, 0.25) is 0 Å². The summed E-state index contributed by atoms with van der Waals surface area (Å²) in [6.45, 7) is 1.60. The molecule has 5 nitrogen and oxygen atoms in total. The van der Waals surface area contributed by atoms with E-state index in [4.69, 9.17) is 15.9 Å². The van der Waals surface area contributed by atoms with Gasteiger partial charge in [0.2, 0.25) is 0 Å². The largest absolute Gasteiger partial charge is 0.481 e. The number of nitrogens with two attached hydrogens (primary N) is 1. The summed E-state index contributed by atoms with van der Waals surface area (Å²) in [6.07, 6.45) is 1.43. The lowest BCUT2D eigenvalue weighted by molar-refractivity contribution is -0.153. The quantitative estimate of drug-likeness (QED) is 0.596. The molecule has 0 radical (unpaired) electrons. The van der Waals surface area contributed by atoms with E-state index in [1.807, 2.05) is 0 Å². The highest BCUT2D eigenvalue weighted by molar-refractivity contribution is 5.81. The molecular formula is C9H15NO4. The average Bonchev–Trinajstić information content (AvgIpc) is 2.09. The molecule has 0 bridgehead atoms. The Bertz CT molecular complexity index is 266. The third kappa shape index (κ3) is 1.59. The highest BCUT2D eigenvalue weighted by Gasteiger charge is 2.48. The maximum absolute atomic E-state index is 10.9. The van der Waals surface area contributed by atoms with E-state index in [0.29, 0.717) is 19.3 Å². The van der Waals surface area contributed by atoms with E-state index in [0.717, 1.165) is 0 Å². The van der Waals surface area contributed by atoms with Gasteiger partial charge < -0.3 is 15.9 Å². The Labute approximate surface area is 81.9 Å². The van der Waals surface area contributed by atoms with Gasteiger partial charge in [-0.2, -0.15) is 0 Å². The third-order valence-electron chi connectivity index (χ3n) is 3.24. The van der Waals surface area contributed by atoms with Gasteiger partial charge in [0.15, 0.2) is 0 Å². The molecule has 0 spiro atoms. The van der Waals surface area contributed by atoms with Crippen molar-refractivity contribution in [1.29, 1.82) is 0 Å². The first-order valence-electron chi connectivity index (χ1n) is 4.64. The predicted molar refractivity (Wildman–Crippen MR) is 48.7 cm³/mol. The molecule has 1 rings (SSSR count). The van der Waals surface area contributed by atoms with Gasteiger partial charge >= 0.3 is 11.9 Å². The van der Waals surface area contributed by atoms with Gasteiger partial charge in [0.05, 0.1) is 5.92 Å². The monoisotopic (exact) mass is 201 g/mol. The van der Waals surface area contributed by atoms with E-state index >= 15 is 0 Å². The van der Waals surface area contributed by atoms with Crippen LogP contribution in [0.4, 0.5) is 0 Å². The zero-order valence-electron chi connectivity index (χ0n) is 8.06. The van der Waals surface area contributed by atoms with Gasteiger partial charge in [-0.15, -0.1) is 0 Å². The number of carboxylic acids is 2. The maximum atomic E-state index is 10.9. The highest BCUT2D eigenvalue weighted by Crippen LogP contribution is 2.36. The zero-order chi connectivity index (χ0) is 10.9. The smallest absolute Gasteiger partial charge is 0.323 e. The first-order valence-corrected chi connectivity index (χ1v) is 4.64. The van der Waals surface area contributed by atoms with Crippen LogP contribution in [0.3, 0.4) is 0 Å². The van der Waals surface area contributed by atoms with Crippen molar-refractivity contribution in [2.24, 2.45) is 17.6 Å². The third-order valence-corrected chi connectivity index (χ3v) is 3.24. The first kappa shape index (κ1) is 11.0. The molecule has 0 saturated heterocycles. The van der Waals surface area contributed by atoms with E-state index in [2.05, 4.69) is 0 Å². The highest BCUT2D eigenvalue weighted by atomic mass is 16.4. The van der Waals surface area contributed by atoms with Crippen molar-refractivity contribution >= 4 is 11.9 Å². The number of rotatable bonds is 2. The SMILES string of the molecule is CC1C(C(=O)O)CCCC1(N)C(=O)O. The average molecular weight is 201 g/mol. The maximum Gasteiger partial charge on any atom is 0.323 e. The van der Waals surface area contributed by atoms with Crippen molar-refractivity contribution in [1.82, 2.24) is 0 Å². The lowest BCUT2D eigenvalue weighted by Crippen LogP contribution is -2.58. The molecule has 4 N–H and O–H groups in total. The van der Waals surface area contributed by atoms with Crippen LogP contribution in [0, 0.1) is 11.8 Å². The van der Waals surface area contributed by atoms with Crippen molar-refractivity contribution < 1.29 is 19.8 Å². The lowest BCUT2D eigenvalue weighted by atomic mass is 9.68. The lowest BCUT2D eigenvalue weighted by Gasteiger charge is -2.39. The minimum absolute atomic E-state index is 0.354. The van der Waals surface area contributed by atoms with Crippen molar-refractivity contribution in [3.05, 3.63) is 0 Å². The van der Waals surface area contributed by atoms with Crippen molar-refractivity contribution in [2.45, 2.75) is 31.7 Å². The molecule has 1 aliphatic carbocycles. The summed E-state index contributed by atoms with van der Waals surface area (Å²) in [5.41, 5.74) is 4.34. The molecule has 0 heterocycles. The van der Waals surface area contributed by atoms with Gasteiger partial charge in [-0.1, -0.05) is 13.3 Å². The second kappa shape index (κ2) is 3.57. The Morgan fingerprint density at radius 1 is 1.43 bits per heavy atom. The summed E-state index contributed by atoms with van der Waals surface area (Å²) in [5, 5.41) is 17.8. The second-order valence-corrected chi connectivity index (χ2v) is 3.97. The van der Waals surface area contributed by atoms with Crippen LogP contribution in [-0.2, 0) is 9.59 Å². The molecule has 14 heavy (non-hydrogen) atoms. The van der Waals surface area contributed by atoms with E-state index in [1.54, 1.807) is 6.92 Å². The molecule has 0 aromatic heterocycles. The normalized spacial score (nSPS) is 37.9. The summed E-state index contributed by atoms with van der Waals surface area (Å²) in [4.78, 5) is 21.8. The van der Waals surface area contributed by atoms with Crippen LogP contribution in [0.25, 0.3) is 0 Å². The second-order valence-electron chi connectivity index (χ2n) is 3.97. The van der Waals surface area contributed by atoms with Crippen molar-refractivity contribution in [2.75, 3.05) is 0 Å². The molecule has 1 aliphatic rings. The topological polar surface area (TPSA) is 101 Å². The molecule has 1 fully saturated rings. The van der Waals surface area contributed by atoms with Crippen LogP contribution in [-0.4, -0.2) is 27.7 Å². The van der Waals surface area contributed by atoms with Crippen molar-refractivity contribution in [3.63, 3.8) is 0 Å². The molecule has 5 heteroatoms. The molecule has 0 aliphatic heterocycles. The fourth-order valence-corrected chi connectivity index (χ4v) is 2.09. The fourth-order valence-electron chi connectivity index (χ4n) is 2.09. The van der Waals surface area contributed by atoms with Gasteiger partial charge in [0.25, 0.3) is 0 Å². The van der Waals surface area contributed by atoms with Gasteiger partial charge in [0.1, 0.15) is 5.54 Å². The van der Waals surface area contributed by atoms with Crippen LogP contribution in [0.5, 0.6) is 0 Å². The molecule has 3 atom stereocenters. The molecule has 80 valence electrons. The minimum Gasteiger partial charge on any atom is -0.481 e. The number of hydrogen-bond donors (Lipinski definition) is 3. The summed E-state index contributed by atoms with van der Waals surface area (Å²) >= 11 is 0. The zero-order valence-corrected chi connectivity index (χ0v) is 8.06. The Balaban J connectivity index is 2.90. The Morgan fingerprint density at radius 2 is 2.00 bits per heavy atom. The molecule has 0 amide bonds. The number of carbonyl (C=O) groups is 2. The first-order chi connectivity index (χ1) is 6.39. The molecule has 3 unspecified atom stereocenters. The van der Waals surface area contributed by atoms with Gasteiger partial charge in [0, 0.05) is 0 Å². The minimum atomic E-state index is -1.37. The van der Waals surface area contributed by atoms with Crippen LogP contribution >= 0.6 is 0 Å². The van der Waals surface area contributed by atoms with E-state index < -0.39 is 29.3 Å². The van der Waals surface area contributed by atoms with Gasteiger partial charge in [-0.25, -0.2) is 0 Å². The van der Waals surface area contributed by atoms with Crippen LogP contribution in [0.1, 0.15) is 26.2 Å². The van der Waals surface area contributed by atoms with E-state index in [1.165, 1.54) is 0 Å². The Morgan fingerprint density at radius 3 is 2.43 bits per heavy atom. The Kier molecular flexibility index (Phi) is 2.80. The fraction of sp³-hybridized carbons (Fsp3) is 0.778. The molecule has 0 aromatic rings. The summed E-state index contributed by atoms with van der Waals surface area (Å²) in [5.74, 6) is -3.21. The van der Waals surface area contributed by atoms with Gasteiger partial charge in [-0.3, -0.25) is 9.59 Å².